The SMILES string of the molecule is O=[N+]([O-])O.O=[N+]([O-])O.[Co].[Co]. The minimum atomic E-state index is -1.50. The van der Waals surface area contributed by atoms with Gasteiger partial charge in [0.2, 0.25) is 0 Å². The molecule has 0 amide bonds. The summed E-state index contributed by atoms with van der Waals surface area (Å²) in [5.41, 5.74) is 0. The Bertz CT molecular complexity index is 71.7. The van der Waals surface area contributed by atoms with E-state index in [1.165, 1.54) is 0 Å². The topological polar surface area (TPSA) is 127 Å². The van der Waals surface area contributed by atoms with Gasteiger partial charge in [0.05, 0.1) is 0 Å². The molecule has 0 unspecified atom stereocenters. The van der Waals surface area contributed by atoms with Crippen molar-refractivity contribution in [2.24, 2.45) is 0 Å². The average molecular weight is 244 g/mol. The minimum Gasteiger partial charge on any atom is -0.328 e. The van der Waals surface area contributed by atoms with Crippen molar-refractivity contribution in [3.63, 3.8) is 0 Å². The monoisotopic (exact) mass is 244 g/mol. The Balaban J connectivity index is -0.0000000300. The molecule has 10 heteroatoms. The summed E-state index contributed by atoms with van der Waals surface area (Å²) in [7, 11) is 0. The van der Waals surface area contributed by atoms with Gasteiger partial charge in [-0.3, -0.25) is 0 Å². The van der Waals surface area contributed by atoms with Crippen molar-refractivity contribution in [3.8, 4) is 0 Å². The largest absolute Gasteiger partial charge is 0.328 e. The Labute approximate surface area is 74.8 Å². The third-order valence-corrected chi connectivity index (χ3v) is 0. The number of hydrogen-bond donors (Lipinski definition) is 2. The summed E-state index contributed by atoms with van der Waals surface area (Å²) in [6, 6.07) is 0. The van der Waals surface area contributed by atoms with Gasteiger partial charge >= 0.3 is 0 Å². The molecule has 0 atom stereocenters. The van der Waals surface area contributed by atoms with Gasteiger partial charge in [0.25, 0.3) is 10.2 Å². The van der Waals surface area contributed by atoms with Gasteiger partial charge in [0.15, 0.2) is 0 Å². The van der Waals surface area contributed by atoms with Gasteiger partial charge in [-0.05, 0) is 0 Å². The molecule has 0 aliphatic rings. The summed E-state index contributed by atoms with van der Waals surface area (Å²) in [4.78, 5) is 16.7. The van der Waals surface area contributed by atoms with Gasteiger partial charge in [-0.25, -0.2) is 0 Å². The van der Waals surface area contributed by atoms with E-state index in [4.69, 9.17) is 30.6 Å². The second kappa shape index (κ2) is 15.8. The predicted octanol–water partition coefficient (Wildman–Crippen LogP) is -0.700. The fourth-order valence-electron chi connectivity index (χ4n) is 0. The van der Waals surface area contributed by atoms with Crippen LogP contribution in [0.25, 0.3) is 0 Å². The molecule has 0 rings (SSSR count). The molecule has 0 fully saturated rings. The van der Waals surface area contributed by atoms with Crippen LogP contribution in [0.15, 0.2) is 0 Å². The summed E-state index contributed by atoms with van der Waals surface area (Å²) in [5.74, 6) is 0. The van der Waals surface area contributed by atoms with E-state index in [9.17, 15) is 0 Å². The fraction of sp³-hybridized carbons (Fsp3) is 0. The molecule has 0 aliphatic heterocycles. The van der Waals surface area contributed by atoms with E-state index in [0.29, 0.717) is 0 Å². The van der Waals surface area contributed by atoms with Crippen molar-refractivity contribution in [1.29, 1.82) is 0 Å². The second-order valence-electron chi connectivity index (χ2n) is 0.476. The molecule has 0 aromatic rings. The summed E-state index contributed by atoms with van der Waals surface area (Å²) >= 11 is 0. The van der Waals surface area contributed by atoms with E-state index in [0.717, 1.165) is 0 Å². The molecule has 0 bridgehead atoms. The van der Waals surface area contributed by atoms with Gasteiger partial charge in [-0.1, -0.05) is 0 Å². The molecule has 0 heterocycles. The molecule has 2 N–H and O–H groups in total. The van der Waals surface area contributed by atoms with Crippen molar-refractivity contribution in [2.45, 2.75) is 0 Å². The van der Waals surface area contributed by atoms with Crippen molar-refractivity contribution >= 4 is 0 Å². The Morgan fingerprint density at radius 3 is 0.900 bits per heavy atom. The van der Waals surface area contributed by atoms with E-state index in [-0.39, 0.29) is 33.6 Å². The maximum Gasteiger partial charge on any atom is 0.291 e. The quantitative estimate of drug-likeness (QED) is 0.428. The first-order chi connectivity index (χ1) is 3.46. The maximum atomic E-state index is 8.36. The van der Waals surface area contributed by atoms with Crippen LogP contribution < -0.4 is 0 Å². The molecule has 66 valence electrons. The molecule has 0 saturated carbocycles. The molecule has 0 aromatic carbocycles. The van der Waals surface area contributed by atoms with Gasteiger partial charge in [-0.2, -0.15) is 0 Å². The third-order valence-electron chi connectivity index (χ3n) is 0. The van der Waals surface area contributed by atoms with Gasteiger partial charge in [-0.15, -0.1) is 20.2 Å². The van der Waals surface area contributed by atoms with E-state index in [1.807, 2.05) is 0 Å². The van der Waals surface area contributed by atoms with E-state index in [2.05, 4.69) is 0 Å². The zero-order chi connectivity index (χ0) is 7.15. The molecule has 0 aliphatic carbocycles. The van der Waals surface area contributed by atoms with E-state index >= 15 is 0 Å². The van der Waals surface area contributed by atoms with Crippen LogP contribution in [-0.4, -0.2) is 20.6 Å². The van der Waals surface area contributed by atoms with Crippen molar-refractivity contribution < 1.29 is 54.1 Å². The first kappa shape index (κ1) is 22.7. The molecule has 0 spiro atoms. The van der Waals surface area contributed by atoms with Crippen LogP contribution in [0.2, 0.25) is 0 Å². The van der Waals surface area contributed by atoms with Crippen LogP contribution in [0.3, 0.4) is 0 Å². The third kappa shape index (κ3) is 885. The number of rotatable bonds is 0. The van der Waals surface area contributed by atoms with Crippen LogP contribution in [0.4, 0.5) is 0 Å². The molecular formula is H2Co2N2O6. The van der Waals surface area contributed by atoms with Crippen molar-refractivity contribution in [1.82, 2.24) is 0 Å². The normalized spacial score (nSPS) is 4.80. The summed E-state index contributed by atoms with van der Waals surface area (Å²) < 4.78 is 0. The molecule has 10 heavy (non-hydrogen) atoms. The minimum absolute atomic E-state index is 0. The maximum absolute atomic E-state index is 8.36. The Morgan fingerprint density at radius 1 is 0.900 bits per heavy atom. The Morgan fingerprint density at radius 2 is 0.900 bits per heavy atom. The smallest absolute Gasteiger partial charge is 0.291 e. The van der Waals surface area contributed by atoms with Crippen LogP contribution >= 0.6 is 0 Å². The first-order valence-electron chi connectivity index (χ1n) is 1.13. The van der Waals surface area contributed by atoms with E-state index in [1.54, 1.807) is 0 Å². The molecule has 8 nitrogen and oxygen atoms in total. The zero-order valence-corrected chi connectivity index (χ0v) is 6.17. The Kier molecular flexibility index (Phi) is 35.9. The van der Waals surface area contributed by atoms with Gasteiger partial charge in [0, 0.05) is 33.6 Å². The first-order valence-corrected chi connectivity index (χ1v) is 1.13. The van der Waals surface area contributed by atoms with Crippen molar-refractivity contribution in [2.75, 3.05) is 0 Å². The van der Waals surface area contributed by atoms with Crippen LogP contribution in [0.1, 0.15) is 0 Å². The van der Waals surface area contributed by atoms with E-state index < -0.39 is 10.2 Å². The molecule has 0 saturated heterocycles. The fourth-order valence-corrected chi connectivity index (χ4v) is 0. The molecular weight excluding hydrogens is 242 g/mol. The molecule has 0 aromatic heterocycles. The van der Waals surface area contributed by atoms with Crippen LogP contribution in [0, 0.1) is 20.2 Å². The predicted molar refractivity (Wildman–Crippen MR) is 17.6 cm³/mol. The summed E-state index contributed by atoms with van der Waals surface area (Å²) in [5, 5.41) is 27.3. The number of hydrogen-bond acceptors (Lipinski definition) is 4. The van der Waals surface area contributed by atoms with Crippen molar-refractivity contribution in [3.05, 3.63) is 20.2 Å². The van der Waals surface area contributed by atoms with Crippen LogP contribution in [0.5, 0.6) is 0 Å². The second-order valence-corrected chi connectivity index (χ2v) is 0.476. The standard InChI is InChI=1S/2Co.2HNO3/c;;2*2-1(3)4/h;;2*(H,2,3,4). The van der Waals surface area contributed by atoms with Crippen LogP contribution in [-0.2, 0) is 33.6 Å². The van der Waals surface area contributed by atoms with Gasteiger partial charge in [0.1, 0.15) is 0 Å². The average Bonchev–Trinajstić information content (AvgIpc) is 1.25. The zero-order valence-electron chi connectivity index (χ0n) is 4.09. The molecule has 2 radical (unpaired) electrons. The Hall–Kier alpha value is -0.587. The number of nitrogens with zero attached hydrogens (tertiary/aromatic N) is 2. The van der Waals surface area contributed by atoms with Gasteiger partial charge < -0.3 is 10.4 Å². The summed E-state index contributed by atoms with van der Waals surface area (Å²) in [6.07, 6.45) is 0. The summed E-state index contributed by atoms with van der Waals surface area (Å²) in [6.45, 7) is 0.